The zero-order valence-electron chi connectivity index (χ0n) is 12.4. The summed E-state index contributed by atoms with van der Waals surface area (Å²) in [6.45, 7) is 6.23. The van der Waals surface area contributed by atoms with E-state index in [9.17, 15) is 10.2 Å². The third-order valence-electron chi connectivity index (χ3n) is 3.89. The highest BCUT2D eigenvalue weighted by Gasteiger charge is 2.13. The molecule has 0 aliphatic heterocycles. The second-order valence-corrected chi connectivity index (χ2v) is 5.00. The number of hydrogen-bond donors (Lipinski definition) is 2. The minimum Gasteiger partial charge on any atom is -0.508 e. The van der Waals surface area contributed by atoms with Crippen LogP contribution in [0.15, 0.2) is 30.3 Å². The fourth-order valence-electron chi connectivity index (χ4n) is 2.67. The number of benzene rings is 2. The van der Waals surface area contributed by atoms with Crippen LogP contribution >= 0.6 is 0 Å². The zero-order chi connectivity index (χ0) is 14.7. The lowest BCUT2D eigenvalue weighted by Crippen LogP contribution is -1.93. The molecule has 0 aliphatic carbocycles. The Balaban J connectivity index is 2.57. The first kappa shape index (κ1) is 14.4. The number of phenolic OH excluding ortho intramolecular Hbond substituents is 2. The highest BCUT2D eigenvalue weighted by molar-refractivity contribution is 5.74. The van der Waals surface area contributed by atoms with Gasteiger partial charge >= 0.3 is 0 Å². The molecule has 2 N–H and O–H groups in total. The molecule has 0 bridgehead atoms. The highest BCUT2D eigenvalue weighted by atomic mass is 16.3. The van der Waals surface area contributed by atoms with Gasteiger partial charge in [-0.3, -0.25) is 0 Å². The summed E-state index contributed by atoms with van der Waals surface area (Å²) in [5.41, 5.74) is 5.07. The normalized spacial score (nSPS) is 10.8. The van der Waals surface area contributed by atoms with Gasteiger partial charge < -0.3 is 10.2 Å². The molecule has 0 spiro atoms. The molecule has 2 nitrogen and oxygen atoms in total. The Morgan fingerprint density at radius 2 is 1.50 bits per heavy atom. The molecule has 2 rings (SSSR count). The van der Waals surface area contributed by atoms with E-state index < -0.39 is 0 Å². The van der Waals surface area contributed by atoms with Gasteiger partial charge in [0.1, 0.15) is 11.5 Å². The van der Waals surface area contributed by atoms with Crippen LogP contribution in [-0.2, 0) is 19.3 Å². The largest absolute Gasteiger partial charge is 0.508 e. The molecule has 0 aliphatic rings. The second-order valence-electron chi connectivity index (χ2n) is 5.00. The van der Waals surface area contributed by atoms with Crippen molar-refractivity contribution in [3.05, 3.63) is 47.0 Å². The van der Waals surface area contributed by atoms with Gasteiger partial charge in [0.15, 0.2) is 0 Å². The van der Waals surface area contributed by atoms with Gasteiger partial charge in [0.25, 0.3) is 0 Å². The van der Waals surface area contributed by atoms with Crippen molar-refractivity contribution in [2.45, 2.75) is 40.0 Å². The van der Waals surface area contributed by atoms with Crippen LogP contribution in [-0.4, -0.2) is 10.2 Å². The first-order valence-corrected chi connectivity index (χ1v) is 7.28. The Kier molecular flexibility index (Phi) is 4.33. The zero-order valence-corrected chi connectivity index (χ0v) is 12.4. The lowest BCUT2D eigenvalue weighted by Gasteiger charge is -2.13. The average Bonchev–Trinajstić information content (AvgIpc) is 2.47. The van der Waals surface area contributed by atoms with E-state index in [1.54, 1.807) is 12.1 Å². The molecule has 20 heavy (non-hydrogen) atoms. The van der Waals surface area contributed by atoms with E-state index >= 15 is 0 Å². The molecule has 106 valence electrons. The van der Waals surface area contributed by atoms with Crippen LogP contribution in [0.3, 0.4) is 0 Å². The molecular weight excluding hydrogens is 248 g/mol. The maximum atomic E-state index is 10.4. The summed E-state index contributed by atoms with van der Waals surface area (Å²) in [5.74, 6) is 0.355. The Labute approximate surface area is 120 Å². The molecule has 0 heterocycles. The van der Waals surface area contributed by atoms with E-state index in [0.29, 0.717) is 12.0 Å². The number of hydrogen-bond acceptors (Lipinski definition) is 2. The predicted molar refractivity (Wildman–Crippen MR) is 83.3 cm³/mol. The van der Waals surface area contributed by atoms with Crippen molar-refractivity contribution in [1.29, 1.82) is 0 Å². The van der Waals surface area contributed by atoms with Gasteiger partial charge in [-0.1, -0.05) is 39.0 Å². The molecule has 0 atom stereocenters. The summed E-state index contributed by atoms with van der Waals surface area (Å²) < 4.78 is 0. The van der Waals surface area contributed by atoms with Crippen LogP contribution in [0.5, 0.6) is 11.5 Å². The summed E-state index contributed by atoms with van der Waals surface area (Å²) in [7, 11) is 0. The first-order chi connectivity index (χ1) is 9.62. The number of phenols is 2. The van der Waals surface area contributed by atoms with E-state index in [0.717, 1.165) is 24.0 Å². The SMILES string of the molecule is CCc1ccc(-c2ccc(O)c(CC)c2O)cc1CC. The third-order valence-corrected chi connectivity index (χ3v) is 3.89. The van der Waals surface area contributed by atoms with Crippen molar-refractivity contribution in [2.75, 3.05) is 0 Å². The van der Waals surface area contributed by atoms with Crippen LogP contribution < -0.4 is 0 Å². The van der Waals surface area contributed by atoms with Crippen LogP contribution in [0.25, 0.3) is 11.1 Å². The average molecular weight is 270 g/mol. The summed E-state index contributed by atoms with van der Waals surface area (Å²) in [5, 5.41) is 20.1. The molecular formula is C18H22O2. The van der Waals surface area contributed by atoms with Crippen molar-refractivity contribution in [1.82, 2.24) is 0 Å². The Bertz CT molecular complexity index is 615. The van der Waals surface area contributed by atoms with E-state index in [2.05, 4.69) is 26.0 Å². The molecule has 0 radical (unpaired) electrons. The maximum absolute atomic E-state index is 10.4. The predicted octanol–water partition coefficient (Wildman–Crippen LogP) is 4.45. The van der Waals surface area contributed by atoms with E-state index in [1.807, 2.05) is 13.0 Å². The lowest BCUT2D eigenvalue weighted by molar-refractivity contribution is 0.441. The van der Waals surface area contributed by atoms with Crippen molar-refractivity contribution >= 4 is 0 Å². The van der Waals surface area contributed by atoms with Gasteiger partial charge in [-0.25, -0.2) is 0 Å². The second kappa shape index (κ2) is 6.00. The van der Waals surface area contributed by atoms with Crippen molar-refractivity contribution in [3.63, 3.8) is 0 Å². The van der Waals surface area contributed by atoms with Gasteiger partial charge in [-0.2, -0.15) is 0 Å². The minimum atomic E-state index is 0.162. The van der Waals surface area contributed by atoms with Gasteiger partial charge in [-0.05, 0) is 48.1 Å². The molecule has 0 aromatic heterocycles. The van der Waals surface area contributed by atoms with E-state index in [4.69, 9.17) is 0 Å². The molecule has 0 amide bonds. The van der Waals surface area contributed by atoms with Crippen molar-refractivity contribution in [3.8, 4) is 22.6 Å². The molecule has 0 unspecified atom stereocenters. The highest BCUT2D eigenvalue weighted by Crippen LogP contribution is 2.38. The van der Waals surface area contributed by atoms with Crippen LogP contribution in [0.4, 0.5) is 0 Å². The number of aryl methyl sites for hydroxylation is 2. The Morgan fingerprint density at radius 3 is 2.10 bits per heavy atom. The summed E-state index contributed by atoms with van der Waals surface area (Å²) in [6, 6.07) is 9.76. The molecule has 2 aromatic rings. The van der Waals surface area contributed by atoms with Gasteiger partial charge in [-0.15, -0.1) is 0 Å². The number of rotatable bonds is 4. The topological polar surface area (TPSA) is 40.5 Å². The number of aromatic hydroxyl groups is 2. The van der Waals surface area contributed by atoms with Crippen molar-refractivity contribution < 1.29 is 10.2 Å². The quantitative estimate of drug-likeness (QED) is 0.861. The third kappa shape index (κ3) is 2.51. The van der Waals surface area contributed by atoms with E-state index in [1.165, 1.54) is 11.1 Å². The summed E-state index contributed by atoms with van der Waals surface area (Å²) >= 11 is 0. The summed E-state index contributed by atoms with van der Waals surface area (Å²) in [6.07, 6.45) is 2.61. The van der Waals surface area contributed by atoms with Crippen molar-refractivity contribution in [2.24, 2.45) is 0 Å². The fourth-order valence-corrected chi connectivity index (χ4v) is 2.67. The van der Waals surface area contributed by atoms with E-state index in [-0.39, 0.29) is 11.5 Å². The smallest absolute Gasteiger partial charge is 0.130 e. The molecule has 0 saturated heterocycles. The van der Waals surface area contributed by atoms with Crippen LogP contribution in [0, 0.1) is 0 Å². The Morgan fingerprint density at radius 1 is 0.800 bits per heavy atom. The standard InChI is InChI=1S/C18H22O2/c1-4-12-7-8-14(11-13(12)5-2)16-9-10-17(19)15(6-3)18(16)20/h7-11,19-20H,4-6H2,1-3H3. The monoisotopic (exact) mass is 270 g/mol. The van der Waals surface area contributed by atoms with Gasteiger partial charge in [0.05, 0.1) is 0 Å². The molecule has 2 heteroatoms. The lowest BCUT2D eigenvalue weighted by atomic mass is 9.94. The molecule has 2 aromatic carbocycles. The summed E-state index contributed by atoms with van der Waals surface area (Å²) in [4.78, 5) is 0. The molecule has 0 saturated carbocycles. The van der Waals surface area contributed by atoms with Crippen LogP contribution in [0.1, 0.15) is 37.5 Å². The fraction of sp³-hybridized carbons (Fsp3) is 0.333. The first-order valence-electron chi connectivity index (χ1n) is 7.28. The Hall–Kier alpha value is -1.96. The van der Waals surface area contributed by atoms with Crippen LogP contribution in [0.2, 0.25) is 0 Å². The maximum Gasteiger partial charge on any atom is 0.130 e. The van der Waals surface area contributed by atoms with Gasteiger partial charge in [0.2, 0.25) is 0 Å². The molecule has 0 fully saturated rings. The minimum absolute atomic E-state index is 0.162. The van der Waals surface area contributed by atoms with Gasteiger partial charge in [0, 0.05) is 11.1 Å².